The smallest absolute Gasteiger partial charge is 0.247 e. The fourth-order valence-electron chi connectivity index (χ4n) is 2.10. The van der Waals surface area contributed by atoms with E-state index in [4.69, 9.17) is 5.26 Å². The second-order valence-electron chi connectivity index (χ2n) is 5.10. The van der Waals surface area contributed by atoms with E-state index in [0.29, 0.717) is 6.54 Å². The van der Waals surface area contributed by atoms with Crippen molar-refractivity contribution in [3.8, 4) is 6.07 Å². The summed E-state index contributed by atoms with van der Waals surface area (Å²) in [6, 6.07) is 9.87. The van der Waals surface area contributed by atoms with Crippen molar-refractivity contribution >= 4 is 17.3 Å². The van der Waals surface area contributed by atoms with E-state index in [9.17, 15) is 4.79 Å². The summed E-state index contributed by atoms with van der Waals surface area (Å²) in [5.41, 5.74) is 0.939. The van der Waals surface area contributed by atoms with E-state index in [1.54, 1.807) is 18.7 Å². The van der Waals surface area contributed by atoms with Crippen LogP contribution in [-0.2, 0) is 4.79 Å². The average molecular weight is 243 g/mol. The van der Waals surface area contributed by atoms with Gasteiger partial charge in [-0.25, -0.2) is 0 Å². The van der Waals surface area contributed by atoms with Gasteiger partial charge in [-0.05, 0) is 26.0 Å². The van der Waals surface area contributed by atoms with Gasteiger partial charge in [0.1, 0.15) is 5.41 Å². The topological polar surface area (TPSA) is 47.3 Å². The summed E-state index contributed by atoms with van der Waals surface area (Å²) in [4.78, 5) is 16.2. The van der Waals surface area contributed by atoms with Gasteiger partial charge >= 0.3 is 0 Å². The molecule has 1 amide bonds. The standard InChI is InChI=1S/C14H17N3O/c1-14(2,10-15)13(18)17-9-8-16(3)11-6-4-5-7-12(11)17/h4-7H,8-9H2,1-3H3. The molecular weight excluding hydrogens is 226 g/mol. The molecule has 1 aliphatic heterocycles. The molecule has 0 spiro atoms. The minimum Gasteiger partial charge on any atom is -0.371 e. The van der Waals surface area contributed by atoms with E-state index in [-0.39, 0.29) is 5.91 Å². The summed E-state index contributed by atoms with van der Waals surface area (Å²) < 4.78 is 0. The minimum absolute atomic E-state index is 0.134. The Kier molecular flexibility index (Phi) is 3.00. The fourth-order valence-corrected chi connectivity index (χ4v) is 2.10. The predicted octanol–water partition coefficient (Wildman–Crippen LogP) is 2.02. The van der Waals surface area contributed by atoms with Gasteiger partial charge in [-0.3, -0.25) is 4.79 Å². The molecule has 1 heterocycles. The molecule has 0 N–H and O–H groups in total. The molecule has 4 nitrogen and oxygen atoms in total. The van der Waals surface area contributed by atoms with Gasteiger partial charge in [0.25, 0.3) is 0 Å². The van der Waals surface area contributed by atoms with E-state index in [1.807, 2.05) is 31.3 Å². The van der Waals surface area contributed by atoms with E-state index < -0.39 is 5.41 Å². The highest BCUT2D eigenvalue weighted by molar-refractivity contribution is 6.02. The van der Waals surface area contributed by atoms with E-state index in [2.05, 4.69) is 11.0 Å². The highest BCUT2D eigenvalue weighted by atomic mass is 16.2. The first-order valence-corrected chi connectivity index (χ1v) is 6.01. The van der Waals surface area contributed by atoms with Crippen molar-refractivity contribution in [2.45, 2.75) is 13.8 Å². The number of para-hydroxylation sites is 2. The Morgan fingerprint density at radius 1 is 1.28 bits per heavy atom. The van der Waals surface area contributed by atoms with Crippen LogP contribution >= 0.6 is 0 Å². The third-order valence-electron chi connectivity index (χ3n) is 3.30. The van der Waals surface area contributed by atoms with Crippen LogP contribution in [0.2, 0.25) is 0 Å². The zero-order valence-electron chi connectivity index (χ0n) is 11.0. The van der Waals surface area contributed by atoms with Gasteiger partial charge in [0.2, 0.25) is 5.91 Å². The lowest BCUT2D eigenvalue weighted by atomic mass is 9.93. The van der Waals surface area contributed by atoms with Crippen molar-refractivity contribution in [1.29, 1.82) is 5.26 Å². The van der Waals surface area contributed by atoms with Crippen molar-refractivity contribution in [3.05, 3.63) is 24.3 Å². The molecule has 4 heteroatoms. The maximum Gasteiger partial charge on any atom is 0.247 e. The summed E-state index contributed by atoms with van der Waals surface area (Å²) in [7, 11) is 2.01. The number of hydrogen-bond acceptors (Lipinski definition) is 3. The Labute approximate surface area is 107 Å². The lowest BCUT2D eigenvalue weighted by molar-refractivity contribution is -0.124. The highest BCUT2D eigenvalue weighted by Gasteiger charge is 2.35. The zero-order valence-corrected chi connectivity index (χ0v) is 11.0. The molecule has 18 heavy (non-hydrogen) atoms. The molecule has 0 saturated heterocycles. The number of likely N-dealkylation sites (N-methyl/N-ethyl adjacent to an activating group) is 1. The van der Waals surface area contributed by atoms with Gasteiger partial charge in [-0.2, -0.15) is 5.26 Å². The van der Waals surface area contributed by atoms with Crippen LogP contribution in [0, 0.1) is 16.7 Å². The summed E-state index contributed by atoms with van der Waals surface area (Å²) in [5.74, 6) is -0.134. The molecule has 2 rings (SSSR count). The first-order valence-electron chi connectivity index (χ1n) is 6.01. The normalized spacial score (nSPS) is 15.0. The Balaban J connectivity index is 2.42. The molecule has 0 unspecified atom stereocenters. The molecule has 1 aliphatic rings. The van der Waals surface area contributed by atoms with E-state index in [1.165, 1.54) is 0 Å². The van der Waals surface area contributed by atoms with Gasteiger partial charge < -0.3 is 9.80 Å². The fraction of sp³-hybridized carbons (Fsp3) is 0.429. The van der Waals surface area contributed by atoms with Crippen LogP contribution in [0.4, 0.5) is 11.4 Å². The number of fused-ring (bicyclic) bond motifs is 1. The number of anilines is 2. The first kappa shape index (κ1) is 12.4. The van der Waals surface area contributed by atoms with Crippen molar-refractivity contribution in [2.75, 3.05) is 29.9 Å². The van der Waals surface area contributed by atoms with E-state index >= 15 is 0 Å². The third-order valence-corrected chi connectivity index (χ3v) is 3.30. The average Bonchev–Trinajstić information content (AvgIpc) is 2.39. The maximum atomic E-state index is 12.4. The lowest BCUT2D eigenvalue weighted by Gasteiger charge is -2.37. The van der Waals surface area contributed by atoms with Gasteiger partial charge in [0.15, 0.2) is 0 Å². The number of carbonyl (C=O) groups is 1. The summed E-state index contributed by atoms with van der Waals surface area (Å²) in [5, 5.41) is 9.09. The lowest BCUT2D eigenvalue weighted by Crippen LogP contribution is -2.47. The second kappa shape index (κ2) is 4.34. The van der Waals surface area contributed by atoms with Crippen LogP contribution in [0.5, 0.6) is 0 Å². The SMILES string of the molecule is CN1CCN(C(=O)C(C)(C)C#N)c2ccccc21. The quantitative estimate of drug-likeness (QED) is 0.758. The maximum absolute atomic E-state index is 12.4. The number of benzene rings is 1. The number of hydrogen-bond donors (Lipinski definition) is 0. The molecule has 94 valence electrons. The van der Waals surface area contributed by atoms with Crippen LogP contribution in [0.15, 0.2) is 24.3 Å². The summed E-state index contributed by atoms with van der Waals surface area (Å²) >= 11 is 0. The van der Waals surface area contributed by atoms with Crippen LogP contribution in [0.3, 0.4) is 0 Å². The van der Waals surface area contributed by atoms with Crippen LogP contribution < -0.4 is 9.80 Å². The Bertz CT molecular complexity index is 516. The molecule has 0 fully saturated rings. The third kappa shape index (κ3) is 1.92. The Morgan fingerprint density at radius 2 is 1.89 bits per heavy atom. The molecule has 0 saturated carbocycles. The first-order chi connectivity index (χ1) is 8.47. The summed E-state index contributed by atoms with van der Waals surface area (Å²) in [6.45, 7) is 4.73. The van der Waals surface area contributed by atoms with Crippen LogP contribution in [0.25, 0.3) is 0 Å². The second-order valence-corrected chi connectivity index (χ2v) is 5.10. The summed E-state index contributed by atoms with van der Waals surface area (Å²) in [6.07, 6.45) is 0. The molecule has 0 aliphatic carbocycles. The highest BCUT2D eigenvalue weighted by Crippen LogP contribution is 2.34. The predicted molar refractivity (Wildman–Crippen MR) is 71.5 cm³/mol. The monoisotopic (exact) mass is 243 g/mol. The number of amides is 1. The molecule has 0 bridgehead atoms. The van der Waals surface area contributed by atoms with Crippen LogP contribution in [-0.4, -0.2) is 26.0 Å². The zero-order chi connectivity index (χ0) is 13.3. The molecule has 0 radical (unpaired) electrons. The van der Waals surface area contributed by atoms with Gasteiger partial charge in [-0.15, -0.1) is 0 Å². The van der Waals surface area contributed by atoms with Crippen molar-refractivity contribution in [3.63, 3.8) is 0 Å². The van der Waals surface area contributed by atoms with Gasteiger partial charge in [0.05, 0.1) is 17.4 Å². The number of carbonyl (C=O) groups excluding carboxylic acids is 1. The Morgan fingerprint density at radius 3 is 2.50 bits per heavy atom. The number of rotatable bonds is 1. The van der Waals surface area contributed by atoms with Crippen molar-refractivity contribution < 1.29 is 4.79 Å². The molecule has 1 aromatic rings. The van der Waals surface area contributed by atoms with Crippen molar-refractivity contribution in [2.24, 2.45) is 5.41 Å². The van der Waals surface area contributed by atoms with Gasteiger partial charge in [0, 0.05) is 20.1 Å². The molecule has 0 aromatic heterocycles. The van der Waals surface area contributed by atoms with Gasteiger partial charge in [-0.1, -0.05) is 12.1 Å². The Hall–Kier alpha value is -2.02. The molecule has 1 aromatic carbocycles. The number of nitriles is 1. The molecular formula is C14H17N3O. The minimum atomic E-state index is -0.983. The van der Waals surface area contributed by atoms with Crippen molar-refractivity contribution in [1.82, 2.24) is 0 Å². The number of nitrogens with zero attached hydrogens (tertiary/aromatic N) is 3. The van der Waals surface area contributed by atoms with Crippen LogP contribution in [0.1, 0.15) is 13.8 Å². The van der Waals surface area contributed by atoms with E-state index in [0.717, 1.165) is 17.9 Å². The molecule has 0 atom stereocenters. The largest absolute Gasteiger partial charge is 0.371 e.